The first-order chi connectivity index (χ1) is 11.9. The van der Waals surface area contributed by atoms with Crippen LogP contribution >= 0.6 is 11.3 Å². The van der Waals surface area contributed by atoms with Crippen molar-refractivity contribution in [2.24, 2.45) is 5.73 Å². The van der Waals surface area contributed by atoms with E-state index in [1.807, 2.05) is 61.9 Å². The fourth-order valence-electron chi connectivity index (χ4n) is 2.70. The smallest absolute Gasteiger partial charge is 0.264 e. The lowest BCUT2D eigenvalue weighted by Gasteiger charge is -2.24. The Morgan fingerprint density at radius 1 is 1.28 bits per heavy atom. The van der Waals surface area contributed by atoms with E-state index >= 15 is 0 Å². The van der Waals surface area contributed by atoms with Gasteiger partial charge in [-0.05, 0) is 39.0 Å². The third kappa shape index (κ3) is 3.28. The lowest BCUT2D eigenvalue weighted by molar-refractivity contribution is -0.119. The van der Waals surface area contributed by atoms with Gasteiger partial charge in [0.05, 0.1) is 22.8 Å². The second kappa shape index (κ2) is 6.68. The first-order valence-corrected chi connectivity index (χ1v) is 8.84. The molecule has 0 fully saturated rings. The highest BCUT2D eigenvalue weighted by Crippen LogP contribution is 2.31. The Bertz CT molecular complexity index is 927. The van der Waals surface area contributed by atoms with E-state index in [9.17, 15) is 9.59 Å². The zero-order valence-electron chi connectivity index (χ0n) is 14.4. The standard InChI is InChI=1S/C18H20N4O2S/c1-11(2)21(10-16(19)23)17(24)15-9-14-12(3)20-22(18(14)25-15)13-7-5-4-6-8-13/h4-9,11H,10H2,1-3H3,(H2,19,23). The highest BCUT2D eigenvalue weighted by atomic mass is 32.1. The van der Waals surface area contributed by atoms with Crippen molar-refractivity contribution < 1.29 is 9.59 Å². The monoisotopic (exact) mass is 356 g/mol. The van der Waals surface area contributed by atoms with Crippen molar-refractivity contribution in [3.63, 3.8) is 0 Å². The van der Waals surface area contributed by atoms with Crippen molar-refractivity contribution in [2.45, 2.75) is 26.8 Å². The molecule has 130 valence electrons. The van der Waals surface area contributed by atoms with E-state index in [1.165, 1.54) is 16.2 Å². The van der Waals surface area contributed by atoms with Gasteiger partial charge < -0.3 is 10.6 Å². The summed E-state index contributed by atoms with van der Waals surface area (Å²) >= 11 is 1.38. The summed E-state index contributed by atoms with van der Waals surface area (Å²) in [5.41, 5.74) is 7.09. The minimum atomic E-state index is -0.519. The number of rotatable bonds is 5. The largest absolute Gasteiger partial charge is 0.368 e. The van der Waals surface area contributed by atoms with Gasteiger partial charge in [-0.3, -0.25) is 9.59 Å². The van der Waals surface area contributed by atoms with Crippen LogP contribution in [0.2, 0.25) is 0 Å². The van der Waals surface area contributed by atoms with Crippen LogP contribution in [0.3, 0.4) is 0 Å². The van der Waals surface area contributed by atoms with Gasteiger partial charge in [0.1, 0.15) is 4.83 Å². The first-order valence-electron chi connectivity index (χ1n) is 8.02. The molecule has 2 heterocycles. The number of carbonyl (C=O) groups is 2. The van der Waals surface area contributed by atoms with Gasteiger partial charge in [-0.15, -0.1) is 11.3 Å². The first kappa shape index (κ1) is 17.2. The van der Waals surface area contributed by atoms with Gasteiger partial charge in [-0.2, -0.15) is 5.10 Å². The number of thiophene rings is 1. The Morgan fingerprint density at radius 2 is 1.96 bits per heavy atom. The Balaban J connectivity index is 2.04. The summed E-state index contributed by atoms with van der Waals surface area (Å²) in [5.74, 6) is -0.705. The molecule has 0 saturated heterocycles. The predicted octanol–water partition coefficient (Wildman–Crippen LogP) is 2.73. The molecule has 2 N–H and O–H groups in total. The molecule has 2 amide bonds. The average molecular weight is 356 g/mol. The molecule has 1 aromatic carbocycles. The van der Waals surface area contributed by atoms with Gasteiger partial charge >= 0.3 is 0 Å². The quantitative estimate of drug-likeness (QED) is 0.763. The van der Waals surface area contributed by atoms with Gasteiger partial charge in [-0.25, -0.2) is 4.68 Å². The summed E-state index contributed by atoms with van der Waals surface area (Å²) < 4.78 is 1.85. The second-order valence-corrected chi connectivity index (χ2v) is 7.19. The summed E-state index contributed by atoms with van der Waals surface area (Å²) in [6, 6.07) is 11.5. The number of hydrogen-bond acceptors (Lipinski definition) is 4. The minimum absolute atomic E-state index is 0.0888. The number of amides is 2. The third-order valence-electron chi connectivity index (χ3n) is 3.97. The molecule has 0 unspecified atom stereocenters. The number of primary amides is 1. The average Bonchev–Trinajstić information content (AvgIpc) is 3.13. The lowest BCUT2D eigenvalue weighted by atomic mass is 10.2. The van der Waals surface area contributed by atoms with E-state index < -0.39 is 5.91 Å². The molecule has 6 nitrogen and oxygen atoms in total. The van der Waals surface area contributed by atoms with E-state index in [0.717, 1.165) is 21.6 Å². The lowest BCUT2D eigenvalue weighted by Crippen LogP contribution is -2.42. The Labute approximate surface area is 149 Å². The summed E-state index contributed by atoms with van der Waals surface area (Å²) in [4.78, 5) is 27.1. The van der Waals surface area contributed by atoms with E-state index in [1.54, 1.807) is 0 Å². The van der Waals surface area contributed by atoms with E-state index in [-0.39, 0.29) is 18.5 Å². The predicted molar refractivity (Wildman–Crippen MR) is 99.1 cm³/mol. The van der Waals surface area contributed by atoms with Crippen molar-refractivity contribution in [3.8, 4) is 5.69 Å². The molecule has 0 aliphatic heterocycles. The zero-order valence-corrected chi connectivity index (χ0v) is 15.2. The number of fused-ring (bicyclic) bond motifs is 1. The molecule has 0 saturated carbocycles. The molecule has 3 rings (SSSR count). The number of para-hydroxylation sites is 1. The molecule has 0 spiro atoms. The van der Waals surface area contributed by atoms with Crippen molar-refractivity contribution >= 4 is 33.4 Å². The number of nitrogens with two attached hydrogens (primary N) is 1. The molecule has 25 heavy (non-hydrogen) atoms. The van der Waals surface area contributed by atoms with Crippen LogP contribution in [0.15, 0.2) is 36.4 Å². The maximum absolute atomic E-state index is 12.8. The number of aromatic nitrogens is 2. The number of carbonyl (C=O) groups excluding carboxylic acids is 2. The van der Waals surface area contributed by atoms with E-state index in [4.69, 9.17) is 5.73 Å². The van der Waals surface area contributed by atoms with Gasteiger partial charge in [0.25, 0.3) is 5.91 Å². The number of benzene rings is 1. The summed E-state index contributed by atoms with van der Waals surface area (Å²) in [7, 11) is 0. The van der Waals surface area contributed by atoms with Gasteiger partial charge in [0.2, 0.25) is 5.91 Å². The summed E-state index contributed by atoms with van der Waals surface area (Å²) in [6.45, 7) is 5.57. The SMILES string of the molecule is Cc1nn(-c2ccccc2)c2sc(C(=O)N(CC(N)=O)C(C)C)cc12. The summed E-state index contributed by atoms with van der Waals surface area (Å²) in [5, 5.41) is 5.52. The molecule has 0 radical (unpaired) electrons. The Morgan fingerprint density at radius 3 is 2.56 bits per heavy atom. The highest BCUT2D eigenvalue weighted by Gasteiger charge is 2.24. The van der Waals surface area contributed by atoms with Crippen LogP contribution in [0.1, 0.15) is 29.2 Å². The topological polar surface area (TPSA) is 81.2 Å². The minimum Gasteiger partial charge on any atom is -0.368 e. The zero-order chi connectivity index (χ0) is 18.1. The van der Waals surface area contributed by atoms with Crippen molar-refractivity contribution in [1.29, 1.82) is 0 Å². The van der Waals surface area contributed by atoms with Gasteiger partial charge in [0, 0.05) is 11.4 Å². The van der Waals surface area contributed by atoms with Crippen LogP contribution in [0.4, 0.5) is 0 Å². The van der Waals surface area contributed by atoms with Crippen LogP contribution in [0.25, 0.3) is 15.9 Å². The van der Waals surface area contributed by atoms with Crippen LogP contribution in [-0.4, -0.2) is 39.1 Å². The normalized spacial score (nSPS) is 11.2. The van der Waals surface area contributed by atoms with E-state index in [0.29, 0.717) is 4.88 Å². The molecule has 0 aliphatic carbocycles. The number of hydrogen-bond donors (Lipinski definition) is 1. The fourth-order valence-corrected chi connectivity index (χ4v) is 3.83. The van der Waals surface area contributed by atoms with Crippen LogP contribution < -0.4 is 5.73 Å². The highest BCUT2D eigenvalue weighted by molar-refractivity contribution is 7.20. The molecule has 0 atom stereocenters. The number of nitrogens with zero attached hydrogens (tertiary/aromatic N) is 3. The van der Waals surface area contributed by atoms with E-state index in [2.05, 4.69) is 5.10 Å². The Hall–Kier alpha value is -2.67. The molecule has 0 aliphatic rings. The summed E-state index contributed by atoms with van der Waals surface area (Å²) in [6.07, 6.45) is 0. The molecule has 3 aromatic rings. The molecule has 0 bridgehead atoms. The maximum Gasteiger partial charge on any atom is 0.264 e. The second-order valence-electron chi connectivity index (χ2n) is 6.16. The van der Waals surface area contributed by atoms with Gasteiger partial charge in [-0.1, -0.05) is 18.2 Å². The van der Waals surface area contributed by atoms with Crippen LogP contribution in [0, 0.1) is 6.92 Å². The molecular weight excluding hydrogens is 336 g/mol. The van der Waals surface area contributed by atoms with Crippen LogP contribution in [-0.2, 0) is 4.79 Å². The van der Waals surface area contributed by atoms with Crippen LogP contribution in [0.5, 0.6) is 0 Å². The van der Waals surface area contributed by atoms with Crippen molar-refractivity contribution in [2.75, 3.05) is 6.54 Å². The van der Waals surface area contributed by atoms with Crippen molar-refractivity contribution in [3.05, 3.63) is 47.0 Å². The Kier molecular flexibility index (Phi) is 4.59. The molecule has 7 heteroatoms. The van der Waals surface area contributed by atoms with Gasteiger partial charge in [0.15, 0.2) is 0 Å². The molecular formula is C18H20N4O2S. The fraction of sp³-hybridized carbons (Fsp3) is 0.278. The number of aryl methyl sites for hydroxylation is 1. The maximum atomic E-state index is 12.8. The molecule has 2 aromatic heterocycles. The third-order valence-corrected chi connectivity index (χ3v) is 5.07. The van der Waals surface area contributed by atoms with Crippen molar-refractivity contribution in [1.82, 2.24) is 14.7 Å².